The Morgan fingerprint density at radius 1 is 1.26 bits per heavy atom. The lowest BCUT2D eigenvalue weighted by molar-refractivity contribution is -0.149. The van der Waals surface area contributed by atoms with Crippen LogP contribution in [-0.2, 0) is 20.8 Å². The molecule has 0 unspecified atom stereocenters. The molecule has 0 bridgehead atoms. The topological polar surface area (TPSA) is 77.9 Å². The maximum Gasteiger partial charge on any atom is 0.326 e. The van der Waals surface area contributed by atoms with Gasteiger partial charge in [0, 0.05) is 20.0 Å². The first-order chi connectivity index (χ1) is 11.0. The number of nitrogens with zero attached hydrogens (tertiary/aromatic N) is 2. The molecule has 0 radical (unpaired) electrons. The quantitative estimate of drug-likeness (QED) is 0.853. The molecule has 1 heterocycles. The second-order valence-corrected chi connectivity index (χ2v) is 5.76. The molecule has 1 fully saturated rings. The van der Waals surface area contributed by atoms with Crippen LogP contribution in [0.2, 0.25) is 0 Å². The third kappa shape index (κ3) is 4.55. The van der Waals surface area contributed by atoms with Crippen molar-refractivity contribution in [3.63, 3.8) is 0 Å². The van der Waals surface area contributed by atoms with E-state index < -0.39 is 12.0 Å². The van der Waals surface area contributed by atoms with Crippen molar-refractivity contribution < 1.29 is 19.5 Å². The van der Waals surface area contributed by atoms with Gasteiger partial charge in [-0.3, -0.25) is 9.59 Å². The number of likely N-dealkylation sites (tertiary alicyclic amines) is 1. The minimum atomic E-state index is -0.977. The van der Waals surface area contributed by atoms with E-state index in [-0.39, 0.29) is 18.4 Å². The Labute approximate surface area is 135 Å². The average Bonchev–Trinajstić information content (AvgIpc) is 3.02. The minimum Gasteiger partial charge on any atom is -0.480 e. The minimum absolute atomic E-state index is 0.0635. The van der Waals surface area contributed by atoms with E-state index in [1.807, 2.05) is 30.3 Å². The Bertz CT molecular complexity index is 573. The van der Waals surface area contributed by atoms with Crippen LogP contribution in [-0.4, -0.2) is 58.4 Å². The normalized spacial score (nSPS) is 17.1. The van der Waals surface area contributed by atoms with Crippen LogP contribution in [0.25, 0.3) is 0 Å². The zero-order valence-corrected chi connectivity index (χ0v) is 13.3. The zero-order valence-electron chi connectivity index (χ0n) is 13.3. The first-order valence-electron chi connectivity index (χ1n) is 7.80. The molecule has 0 aromatic heterocycles. The average molecular weight is 318 g/mol. The molecule has 0 aliphatic carbocycles. The van der Waals surface area contributed by atoms with Crippen LogP contribution in [0.1, 0.15) is 25.3 Å². The maximum absolute atomic E-state index is 12.4. The SMILES string of the molecule is CC(=O)N(CCc1ccccc1)CC(=O)N1CCC[C@H]1C(=O)O. The summed E-state index contributed by atoms with van der Waals surface area (Å²) in [5.41, 5.74) is 1.09. The molecular formula is C17H22N2O4. The number of aliphatic carboxylic acids is 1. The van der Waals surface area contributed by atoms with Crippen molar-refractivity contribution in [1.82, 2.24) is 9.80 Å². The van der Waals surface area contributed by atoms with Gasteiger partial charge in [-0.25, -0.2) is 4.79 Å². The Morgan fingerprint density at radius 2 is 1.96 bits per heavy atom. The smallest absolute Gasteiger partial charge is 0.326 e. The van der Waals surface area contributed by atoms with Gasteiger partial charge in [-0.05, 0) is 24.8 Å². The fraction of sp³-hybridized carbons (Fsp3) is 0.471. The van der Waals surface area contributed by atoms with E-state index in [9.17, 15) is 14.4 Å². The Morgan fingerprint density at radius 3 is 2.57 bits per heavy atom. The van der Waals surface area contributed by atoms with Crippen LogP contribution in [0.3, 0.4) is 0 Å². The first-order valence-corrected chi connectivity index (χ1v) is 7.80. The van der Waals surface area contributed by atoms with Gasteiger partial charge in [0.15, 0.2) is 0 Å². The molecule has 124 valence electrons. The molecule has 2 rings (SSSR count). The second kappa shape index (κ2) is 7.76. The second-order valence-electron chi connectivity index (χ2n) is 5.76. The molecule has 1 saturated heterocycles. The lowest BCUT2D eigenvalue weighted by Gasteiger charge is -2.26. The number of amides is 2. The molecule has 0 spiro atoms. The monoisotopic (exact) mass is 318 g/mol. The first kappa shape index (κ1) is 17.0. The molecule has 0 saturated carbocycles. The fourth-order valence-electron chi connectivity index (χ4n) is 2.83. The zero-order chi connectivity index (χ0) is 16.8. The highest BCUT2D eigenvalue weighted by molar-refractivity contribution is 5.88. The number of hydrogen-bond donors (Lipinski definition) is 1. The van der Waals surface area contributed by atoms with E-state index in [0.29, 0.717) is 32.4 Å². The standard InChI is InChI=1S/C17H22N2O4/c1-13(20)18(11-9-14-6-3-2-4-7-14)12-16(21)19-10-5-8-15(19)17(22)23/h2-4,6-7,15H,5,8-12H2,1H3,(H,22,23)/t15-/m0/s1. The largest absolute Gasteiger partial charge is 0.480 e. The van der Waals surface area contributed by atoms with Crippen molar-refractivity contribution in [2.24, 2.45) is 0 Å². The Hall–Kier alpha value is -2.37. The van der Waals surface area contributed by atoms with Crippen LogP contribution >= 0.6 is 0 Å². The van der Waals surface area contributed by atoms with Crippen molar-refractivity contribution in [2.75, 3.05) is 19.6 Å². The van der Waals surface area contributed by atoms with E-state index in [1.165, 1.54) is 16.7 Å². The number of rotatable bonds is 6. The molecule has 1 atom stereocenters. The summed E-state index contributed by atoms with van der Waals surface area (Å²) in [7, 11) is 0. The van der Waals surface area contributed by atoms with E-state index in [2.05, 4.69) is 0 Å². The number of carboxylic acid groups (broad SMARTS) is 1. The van der Waals surface area contributed by atoms with Crippen LogP contribution in [0.4, 0.5) is 0 Å². The van der Waals surface area contributed by atoms with Crippen molar-refractivity contribution in [1.29, 1.82) is 0 Å². The van der Waals surface area contributed by atoms with Gasteiger partial charge in [-0.15, -0.1) is 0 Å². The van der Waals surface area contributed by atoms with Crippen molar-refractivity contribution in [2.45, 2.75) is 32.2 Å². The summed E-state index contributed by atoms with van der Waals surface area (Å²) in [5, 5.41) is 9.15. The Kier molecular flexibility index (Phi) is 5.73. The molecule has 1 aromatic carbocycles. The number of hydrogen-bond acceptors (Lipinski definition) is 3. The fourth-order valence-corrected chi connectivity index (χ4v) is 2.83. The highest BCUT2D eigenvalue weighted by Crippen LogP contribution is 2.18. The van der Waals surface area contributed by atoms with Crippen molar-refractivity contribution in [3.8, 4) is 0 Å². The molecular weight excluding hydrogens is 296 g/mol. The summed E-state index contributed by atoms with van der Waals surface area (Å²) in [4.78, 5) is 38.2. The predicted octanol–water partition coefficient (Wildman–Crippen LogP) is 1.15. The van der Waals surface area contributed by atoms with Crippen LogP contribution in [0.15, 0.2) is 30.3 Å². The van der Waals surface area contributed by atoms with Gasteiger partial charge in [0.1, 0.15) is 6.04 Å². The summed E-state index contributed by atoms with van der Waals surface area (Å²) in [6, 6.07) is 8.98. The van der Waals surface area contributed by atoms with Gasteiger partial charge in [0.05, 0.1) is 6.54 Å². The Balaban J connectivity index is 1.95. The summed E-state index contributed by atoms with van der Waals surface area (Å²) >= 11 is 0. The molecule has 6 heteroatoms. The molecule has 1 aliphatic rings. The van der Waals surface area contributed by atoms with Gasteiger partial charge >= 0.3 is 5.97 Å². The van der Waals surface area contributed by atoms with Crippen molar-refractivity contribution in [3.05, 3.63) is 35.9 Å². The van der Waals surface area contributed by atoms with Crippen LogP contribution < -0.4 is 0 Å². The van der Waals surface area contributed by atoms with E-state index in [4.69, 9.17) is 5.11 Å². The van der Waals surface area contributed by atoms with Gasteiger partial charge in [-0.1, -0.05) is 30.3 Å². The van der Waals surface area contributed by atoms with Crippen molar-refractivity contribution >= 4 is 17.8 Å². The van der Waals surface area contributed by atoms with Gasteiger partial charge in [0.25, 0.3) is 0 Å². The van der Waals surface area contributed by atoms with Gasteiger partial charge in [-0.2, -0.15) is 0 Å². The van der Waals surface area contributed by atoms with Crippen LogP contribution in [0, 0.1) is 0 Å². The molecule has 2 amide bonds. The molecule has 1 N–H and O–H groups in total. The van der Waals surface area contributed by atoms with E-state index in [1.54, 1.807) is 0 Å². The molecule has 6 nitrogen and oxygen atoms in total. The maximum atomic E-state index is 12.4. The molecule has 1 aromatic rings. The number of carboxylic acids is 1. The summed E-state index contributed by atoms with van der Waals surface area (Å²) in [6.07, 6.45) is 1.83. The summed E-state index contributed by atoms with van der Waals surface area (Å²) < 4.78 is 0. The van der Waals surface area contributed by atoms with Crippen LogP contribution in [0.5, 0.6) is 0 Å². The summed E-state index contributed by atoms with van der Waals surface area (Å²) in [5.74, 6) is -1.45. The predicted molar refractivity (Wildman–Crippen MR) is 84.8 cm³/mol. The highest BCUT2D eigenvalue weighted by Gasteiger charge is 2.34. The highest BCUT2D eigenvalue weighted by atomic mass is 16.4. The lowest BCUT2D eigenvalue weighted by atomic mass is 10.1. The third-order valence-corrected chi connectivity index (χ3v) is 4.14. The van der Waals surface area contributed by atoms with Gasteiger partial charge in [0.2, 0.25) is 11.8 Å². The van der Waals surface area contributed by atoms with E-state index >= 15 is 0 Å². The molecule has 23 heavy (non-hydrogen) atoms. The number of carbonyl (C=O) groups is 3. The van der Waals surface area contributed by atoms with E-state index in [0.717, 1.165) is 5.56 Å². The lowest BCUT2D eigenvalue weighted by Crippen LogP contribution is -2.47. The summed E-state index contributed by atoms with van der Waals surface area (Å²) in [6.45, 7) is 2.25. The molecule has 1 aliphatic heterocycles. The number of benzene rings is 1. The van der Waals surface area contributed by atoms with Gasteiger partial charge < -0.3 is 14.9 Å². The number of carbonyl (C=O) groups excluding carboxylic acids is 2. The third-order valence-electron chi connectivity index (χ3n) is 4.14.